The number of hydrogen-bond donors (Lipinski definition) is 14. The molecule has 0 aromatic heterocycles. The molecule has 0 saturated carbocycles. The average molecular weight is 1720 g/mol. The van der Waals surface area contributed by atoms with Crippen molar-refractivity contribution in [3.63, 3.8) is 0 Å². The van der Waals surface area contributed by atoms with Gasteiger partial charge in [-0.25, -0.2) is 18.3 Å². The smallest absolute Gasteiger partial charge is 0.463 e. The van der Waals surface area contributed by atoms with Crippen LogP contribution >= 0.6 is 39.3 Å². The number of aliphatic hydroxyl groups is 4. The van der Waals surface area contributed by atoms with Gasteiger partial charge in [-0.05, 0) is 65.8 Å². The Balaban J connectivity index is -0.000000328. The maximum Gasteiger partial charge on any atom is 0.469 e. The number of phosphoric ester groups is 4. The van der Waals surface area contributed by atoms with E-state index in [1.807, 2.05) is 6.08 Å². The summed E-state index contributed by atoms with van der Waals surface area (Å²) in [6.45, 7) is 6.47. The van der Waals surface area contributed by atoms with Crippen molar-refractivity contribution in [1.82, 2.24) is 0 Å². The van der Waals surface area contributed by atoms with Crippen LogP contribution in [0.15, 0.2) is 24.3 Å². The second-order valence-electron chi connectivity index (χ2n) is 29.0. The third-order valence-corrected chi connectivity index (χ3v) is 20.0. The molecule has 0 aliphatic carbocycles. The summed E-state index contributed by atoms with van der Waals surface area (Å²) in [5.74, 6) is -0.826. The van der Waals surface area contributed by atoms with Gasteiger partial charge in [0.15, 0.2) is 0 Å². The van der Waals surface area contributed by atoms with Crippen LogP contribution in [0.1, 0.15) is 395 Å². The quantitative estimate of drug-likeness (QED) is 0.0116. The van der Waals surface area contributed by atoms with E-state index in [2.05, 4.69) is 77.8 Å². The van der Waals surface area contributed by atoms with Gasteiger partial charge >= 0.3 is 43.2 Å². The molecule has 0 aliphatic heterocycles. The third-order valence-electron chi connectivity index (χ3n) is 18.1. The number of carbonyl (C=O) groups excluding carboxylic acids is 2. The first-order chi connectivity index (χ1) is 52.4. The van der Waals surface area contributed by atoms with Gasteiger partial charge in [0, 0.05) is 12.8 Å². The number of carbonyl (C=O) groups is 2. The molecule has 0 aromatic rings. The first-order valence-corrected chi connectivity index (χ1v) is 50.1. The van der Waals surface area contributed by atoms with Crippen molar-refractivity contribution < 1.29 is 115 Å². The molecule has 0 unspecified atom stereocenters. The van der Waals surface area contributed by atoms with Crippen molar-refractivity contribution in [2.45, 2.75) is 431 Å². The molecule has 0 bridgehead atoms. The van der Waals surface area contributed by atoms with E-state index in [1.165, 1.54) is 257 Å². The van der Waals surface area contributed by atoms with Gasteiger partial charge in [-0.3, -0.25) is 27.7 Å². The second-order valence-corrected chi connectivity index (χ2v) is 34.0. The highest BCUT2D eigenvalue weighted by Gasteiger charge is 2.23. The standard InChI is InChI=1S/C21H43O7P.C21H41O7P.C18H40NO5P.C18H38NO5P.CH4.HPS/c2*1-2-3-4-5-6-7-8-9-10-11-12-13-14-15-16-17-21(23)27-18-20(22)19-28-29(24,25)26;2*1-2-3-4-5-6-7-8-9-10-11-12-13-14-15-18(20)17(19)16-24-25(21,22)23;;1-2/h20,22H,2-19H2,1H3,(H2,24,25,26);9-10,20,22H,2-8,11-19H2,1H3,(H2,24,25,26);17-18,20H,2-16,19H2,1H3,(H2,21,22,23);14-15,17-18,20H,2-13,16,19H2,1H3,(H2,21,22,23);1H4;1H/b;10-9-;;15-14-;;/t2*20-;2*17-,18+;;/m1100../s1. The predicted molar refractivity (Wildman–Crippen MR) is 456 cm³/mol. The Morgan fingerprint density at radius 3 is 0.802 bits per heavy atom. The summed E-state index contributed by atoms with van der Waals surface area (Å²) in [7, 11) is -15.7. The van der Waals surface area contributed by atoms with E-state index in [0.717, 1.165) is 83.5 Å². The molecule has 0 aliphatic rings. The van der Waals surface area contributed by atoms with Gasteiger partial charge in [0.05, 0.1) is 50.7 Å². The lowest BCUT2D eigenvalue weighted by Gasteiger charge is -2.18. The zero-order valence-electron chi connectivity index (χ0n) is 68.7. The minimum atomic E-state index is -4.62. The molecule has 0 radical (unpaired) electrons. The van der Waals surface area contributed by atoms with E-state index in [9.17, 15) is 48.3 Å². The molecule has 111 heavy (non-hydrogen) atoms. The molecule has 6 atom stereocenters. The molecule has 16 N–H and O–H groups in total. The van der Waals surface area contributed by atoms with Gasteiger partial charge < -0.3 is 80.5 Å². The molecule has 0 saturated heterocycles. The lowest BCUT2D eigenvalue weighted by molar-refractivity contribution is -0.148. The molecule has 0 fully saturated rings. The summed E-state index contributed by atoms with van der Waals surface area (Å²) in [5.41, 5.74) is 11.3. The Morgan fingerprint density at radius 2 is 0.541 bits per heavy atom. The van der Waals surface area contributed by atoms with Crippen molar-refractivity contribution in [3.05, 3.63) is 24.3 Å². The van der Waals surface area contributed by atoms with Crippen molar-refractivity contribution in [3.8, 4) is 0 Å². The maximum atomic E-state index is 11.6. The van der Waals surface area contributed by atoms with E-state index >= 15 is 0 Å². The number of ether oxygens (including phenoxy) is 2. The lowest BCUT2D eigenvalue weighted by atomic mass is 10.0. The number of phosphoric acid groups is 4. The fraction of sp³-hybridized carbons (Fsp3) is 0.924. The topological polar surface area (TPSA) is 453 Å². The van der Waals surface area contributed by atoms with Crippen LogP contribution in [0, 0.1) is 0 Å². The minimum absolute atomic E-state index is 0. The van der Waals surface area contributed by atoms with Gasteiger partial charge in [-0.15, -0.1) is 0 Å². The zero-order valence-corrected chi connectivity index (χ0v) is 74.1. The van der Waals surface area contributed by atoms with Crippen LogP contribution in [0.5, 0.6) is 0 Å². The summed E-state index contributed by atoms with van der Waals surface area (Å²) < 4.78 is 68.7. The number of esters is 2. The summed E-state index contributed by atoms with van der Waals surface area (Å²) >= 11 is 3.89. The van der Waals surface area contributed by atoms with Crippen LogP contribution in [-0.2, 0) is 67.2 Å². The average Bonchev–Trinajstić information content (AvgIpc) is 0.937. The highest BCUT2D eigenvalue weighted by Crippen LogP contribution is 2.38. The fourth-order valence-corrected chi connectivity index (χ4v) is 12.9. The first kappa shape index (κ1) is 121. The molecule has 26 nitrogen and oxygen atoms in total. The second kappa shape index (κ2) is 89.9. The Bertz CT molecular complexity index is 2220. The summed E-state index contributed by atoms with van der Waals surface area (Å²) in [4.78, 5) is 91.5. The van der Waals surface area contributed by atoms with Crippen LogP contribution < -0.4 is 11.5 Å². The van der Waals surface area contributed by atoms with Crippen molar-refractivity contribution in [2.24, 2.45) is 11.5 Å². The fourth-order valence-electron chi connectivity index (χ4n) is 11.4. The van der Waals surface area contributed by atoms with Crippen molar-refractivity contribution in [1.29, 1.82) is 0 Å². The van der Waals surface area contributed by atoms with E-state index in [0.29, 0.717) is 12.8 Å². The summed E-state index contributed by atoms with van der Waals surface area (Å²) in [6.07, 6.45) is 70.9. The van der Waals surface area contributed by atoms with E-state index in [1.54, 1.807) is 6.08 Å². The van der Waals surface area contributed by atoms with Gasteiger partial charge in [-0.1, -0.05) is 360 Å². The Hall–Kier alpha value is -0.860. The molecule has 0 rings (SSSR count). The van der Waals surface area contributed by atoms with Crippen LogP contribution in [0.4, 0.5) is 0 Å². The number of unbranched alkanes of at least 4 members (excludes halogenated alkanes) is 48. The molecular weight excluding hydrogens is 1550 g/mol. The van der Waals surface area contributed by atoms with Gasteiger partial charge in [0.2, 0.25) is 0 Å². The number of nitrogens with two attached hydrogens (primary N) is 2. The van der Waals surface area contributed by atoms with Gasteiger partial charge in [0.1, 0.15) is 25.4 Å². The first-order valence-electron chi connectivity index (χ1n) is 42.3. The van der Waals surface area contributed by atoms with Gasteiger partial charge in [0.25, 0.3) is 0 Å². The maximum absolute atomic E-state index is 11.6. The Kier molecular flexibility index (Phi) is 98.0. The van der Waals surface area contributed by atoms with Crippen LogP contribution in [0.25, 0.3) is 0 Å². The normalized spacial score (nSPS) is 13.5. The molecular formula is C79H167N2O24P5S. The molecule has 32 heteroatoms. The number of hydrogen-bond acceptors (Lipinski definition) is 19. The van der Waals surface area contributed by atoms with Crippen molar-refractivity contribution >= 4 is 63.1 Å². The number of aliphatic hydroxyl groups excluding tert-OH is 4. The Labute approximate surface area is 681 Å². The lowest BCUT2D eigenvalue weighted by Crippen LogP contribution is -2.38. The highest BCUT2D eigenvalue weighted by atomic mass is 32.4. The van der Waals surface area contributed by atoms with E-state index in [4.69, 9.17) is 60.1 Å². The monoisotopic (exact) mass is 1720 g/mol. The zero-order chi connectivity index (χ0) is 83.5. The SMILES string of the molecule is C.CCCCCCCC/C=C\CCCCCCCC(=O)OC[C@@H](O)COP(=O)(O)O.CCCCCCCCCCCCC/C=C\[C@@H](O)[C@@H](N)COP(=O)(O)O.CCCCCCCCCCCCCCCCCC(=O)OC[C@@H](O)COP(=O)(O)O.CCCCCCCCCCCCCCC[C@@H](O)[C@@H](N)COP(=O)(O)O.P=S. The number of rotatable bonds is 76. The number of allylic oxidation sites excluding steroid dienone is 3. The highest BCUT2D eigenvalue weighted by molar-refractivity contribution is 7.88. The molecule has 0 spiro atoms. The molecule has 668 valence electrons. The van der Waals surface area contributed by atoms with E-state index < -0.39 is 92.9 Å². The minimum Gasteiger partial charge on any atom is -0.463 e. The van der Waals surface area contributed by atoms with Gasteiger partial charge in [-0.2, -0.15) is 0 Å². The van der Waals surface area contributed by atoms with Crippen LogP contribution in [0.3, 0.4) is 0 Å². The van der Waals surface area contributed by atoms with E-state index in [-0.39, 0.29) is 40.3 Å². The third kappa shape index (κ3) is 113. The molecule has 0 amide bonds. The summed E-state index contributed by atoms with van der Waals surface area (Å²) in [6, 6.07) is -1.61. The largest absolute Gasteiger partial charge is 0.469 e. The van der Waals surface area contributed by atoms with Crippen LogP contribution in [-0.4, -0.2) is 148 Å². The van der Waals surface area contributed by atoms with Crippen molar-refractivity contribution in [2.75, 3.05) is 39.6 Å². The molecule has 0 aromatic carbocycles. The summed E-state index contributed by atoms with van der Waals surface area (Å²) in [5, 5.41) is 38.4. The van der Waals surface area contributed by atoms with Crippen LogP contribution in [0.2, 0.25) is 0 Å². The molecule has 0 heterocycles. The predicted octanol–water partition coefficient (Wildman–Crippen LogP) is 19.8. The Morgan fingerprint density at radius 1 is 0.324 bits per heavy atom.